The maximum absolute atomic E-state index is 11.6. The molecule has 1 saturated heterocycles. The summed E-state index contributed by atoms with van der Waals surface area (Å²) in [6, 6.07) is 5.38. The number of carbonyl (C=O) groups excluding carboxylic acids is 2. The number of carbonyl (C=O) groups is 3. The zero-order chi connectivity index (χ0) is 13.3. The van der Waals surface area contributed by atoms with E-state index in [0.29, 0.717) is 5.69 Å². The lowest BCUT2D eigenvalue weighted by Gasteiger charge is -2.24. The fourth-order valence-corrected chi connectivity index (χ4v) is 2.55. The minimum absolute atomic E-state index is 0.0687. The predicted molar refractivity (Wildman–Crippen MR) is 63.8 cm³/mol. The van der Waals surface area contributed by atoms with Crippen LogP contribution in [0.5, 0.6) is 0 Å². The number of carboxylic acids is 1. The molecule has 94 valence electrons. The predicted octanol–water partition coefficient (Wildman–Crippen LogP) is 0.00670. The second-order valence-corrected chi connectivity index (χ2v) is 5.16. The van der Waals surface area contributed by atoms with E-state index in [1.807, 2.05) is 0 Å². The minimum Gasteiger partial charge on any atom is -0.478 e. The molecule has 1 aromatic rings. The normalized spacial score (nSPS) is 17.0. The van der Waals surface area contributed by atoms with Crippen molar-refractivity contribution in [3.05, 3.63) is 29.8 Å². The van der Waals surface area contributed by atoms with Crippen molar-refractivity contribution in [3.8, 4) is 0 Å². The highest BCUT2D eigenvalue weighted by molar-refractivity contribution is 7.86. The Bertz CT molecular complexity index is 531. The average Bonchev–Trinajstić information content (AvgIpc) is 2.28. The van der Waals surface area contributed by atoms with Crippen molar-refractivity contribution >= 4 is 34.3 Å². The molecule has 0 aliphatic carbocycles. The third kappa shape index (κ3) is 2.30. The van der Waals surface area contributed by atoms with Gasteiger partial charge in [0.1, 0.15) is 11.5 Å². The quantitative estimate of drug-likeness (QED) is 0.762. The Morgan fingerprint density at radius 2 is 1.61 bits per heavy atom. The van der Waals surface area contributed by atoms with Crippen molar-refractivity contribution < 1.29 is 23.7 Å². The lowest BCUT2D eigenvalue weighted by Crippen LogP contribution is -2.47. The van der Waals surface area contributed by atoms with Crippen molar-refractivity contribution in [1.29, 1.82) is 0 Å². The van der Waals surface area contributed by atoms with E-state index in [0.717, 1.165) is 4.90 Å². The molecule has 2 amide bonds. The molecule has 6 nitrogen and oxygen atoms in total. The third-order valence-electron chi connectivity index (χ3n) is 2.44. The van der Waals surface area contributed by atoms with Crippen LogP contribution in [0, 0.1) is 0 Å². The summed E-state index contributed by atoms with van der Waals surface area (Å²) in [6.07, 6.45) is 0. The van der Waals surface area contributed by atoms with Crippen LogP contribution in [0.3, 0.4) is 0 Å². The van der Waals surface area contributed by atoms with Crippen LogP contribution in [0.2, 0.25) is 0 Å². The first-order chi connectivity index (χ1) is 8.49. The largest absolute Gasteiger partial charge is 0.478 e. The van der Waals surface area contributed by atoms with Gasteiger partial charge in [-0.15, -0.1) is 0 Å². The fraction of sp³-hybridized carbons (Fsp3) is 0.182. The summed E-state index contributed by atoms with van der Waals surface area (Å²) in [5.74, 6) is -2.53. The van der Waals surface area contributed by atoms with E-state index in [4.69, 9.17) is 5.11 Å². The maximum atomic E-state index is 11.6. The lowest BCUT2D eigenvalue weighted by atomic mass is 10.2. The van der Waals surface area contributed by atoms with Crippen LogP contribution in [0.15, 0.2) is 24.3 Å². The molecule has 0 unspecified atom stereocenters. The van der Waals surface area contributed by atoms with E-state index in [9.17, 15) is 18.6 Å². The van der Waals surface area contributed by atoms with Gasteiger partial charge in [0.05, 0.1) is 11.3 Å². The molecule has 1 fully saturated rings. The summed E-state index contributed by atoms with van der Waals surface area (Å²) in [5.41, 5.74) is 0.367. The molecular weight excluding hydrogens is 258 g/mol. The van der Waals surface area contributed by atoms with Gasteiger partial charge in [-0.25, -0.2) is 9.69 Å². The minimum atomic E-state index is -1.44. The molecule has 0 radical (unpaired) electrons. The van der Waals surface area contributed by atoms with Crippen molar-refractivity contribution in [2.45, 2.75) is 0 Å². The topological polar surface area (TPSA) is 91.8 Å². The standard InChI is InChI=1S/C11H9NO5S/c13-9-5-18(17)6-10(14)12(9)8-3-1-7(2-4-8)11(15)16/h1-4H,5-6H2,(H,15,16). The highest BCUT2D eigenvalue weighted by Crippen LogP contribution is 2.18. The number of aromatic carboxylic acids is 1. The number of rotatable bonds is 2. The number of hydrogen-bond acceptors (Lipinski definition) is 4. The first-order valence-electron chi connectivity index (χ1n) is 5.03. The van der Waals surface area contributed by atoms with Gasteiger partial charge in [0.15, 0.2) is 0 Å². The van der Waals surface area contributed by atoms with Crippen LogP contribution in [0.4, 0.5) is 5.69 Å². The van der Waals surface area contributed by atoms with Crippen LogP contribution in [0.1, 0.15) is 10.4 Å². The molecule has 18 heavy (non-hydrogen) atoms. The Morgan fingerprint density at radius 1 is 1.11 bits per heavy atom. The smallest absolute Gasteiger partial charge is 0.335 e. The molecule has 1 aliphatic heterocycles. The number of carboxylic acid groups (broad SMARTS) is 1. The summed E-state index contributed by atoms with van der Waals surface area (Å²) >= 11 is 0. The van der Waals surface area contributed by atoms with Crippen LogP contribution >= 0.6 is 0 Å². The van der Waals surface area contributed by atoms with Crippen LogP contribution in [0.25, 0.3) is 0 Å². The van der Waals surface area contributed by atoms with E-state index in [1.54, 1.807) is 0 Å². The molecule has 1 N–H and O–H groups in total. The average molecular weight is 267 g/mol. The molecule has 1 heterocycles. The third-order valence-corrected chi connectivity index (χ3v) is 3.58. The first kappa shape index (κ1) is 12.4. The number of anilines is 1. The van der Waals surface area contributed by atoms with Gasteiger partial charge in [0.25, 0.3) is 0 Å². The number of amides is 2. The molecule has 1 aromatic carbocycles. The molecule has 0 spiro atoms. The summed E-state index contributed by atoms with van der Waals surface area (Å²) in [6.45, 7) is 0. The molecule has 2 rings (SSSR count). The van der Waals surface area contributed by atoms with Crippen LogP contribution in [-0.2, 0) is 20.4 Å². The zero-order valence-corrected chi connectivity index (χ0v) is 9.98. The second-order valence-electron chi connectivity index (χ2n) is 3.70. The lowest BCUT2D eigenvalue weighted by molar-refractivity contribution is -0.124. The molecule has 0 atom stereocenters. The molecule has 7 heteroatoms. The first-order valence-corrected chi connectivity index (χ1v) is 6.52. The van der Waals surface area contributed by atoms with Crippen molar-refractivity contribution in [3.63, 3.8) is 0 Å². The van der Waals surface area contributed by atoms with E-state index >= 15 is 0 Å². The Hall–Kier alpha value is -2.02. The van der Waals surface area contributed by atoms with E-state index in [1.165, 1.54) is 24.3 Å². The second kappa shape index (κ2) is 4.69. The molecule has 1 aliphatic rings. The van der Waals surface area contributed by atoms with Crippen LogP contribution < -0.4 is 4.90 Å². The van der Waals surface area contributed by atoms with Crippen LogP contribution in [-0.4, -0.2) is 38.6 Å². The zero-order valence-electron chi connectivity index (χ0n) is 9.16. The molecule has 0 aromatic heterocycles. The molecule has 0 saturated carbocycles. The van der Waals surface area contributed by atoms with Gasteiger partial charge < -0.3 is 5.11 Å². The highest BCUT2D eigenvalue weighted by Gasteiger charge is 2.31. The van der Waals surface area contributed by atoms with E-state index in [-0.39, 0.29) is 17.1 Å². The van der Waals surface area contributed by atoms with Gasteiger partial charge in [-0.2, -0.15) is 0 Å². The monoisotopic (exact) mass is 267 g/mol. The SMILES string of the molecule is O=C(O)c1ccc(N2C(=O)CS(=O)CC2=O)cc1. The van der Waals surface area contributed by atoms with Crippen molar-refractivity contribution in [2.75, 3.05) is 16.4 Å². The number of imide groups is 1. The highest BCUT2D eigenvalue weighted by atomic mass is 32.2. The van der Waals surface area contributed by atoms with Gasteiger partial charge in [-0.1, -0.05) is 0 Å². The maximum Gasteiger partial charge on any atom is 0.335 e. The Labute approximate surface area is 105 Å². The molecular formula is C11H9NO5S. The number of nitrogens with zero attached hydrogens (tertiary/aromatic N) is 1. The number of benzene rings is 1. The van der Waals surface area contributed by atoms with Gasteiger partial charge in [-0.05, 0) is 24.3 Å². The van der Waals surface area contributed by atoms with Crippen molar-refractivity contribution in [1.82, 2.24) is 0 Å². The van der Waals surface area contributed by atoms with Gasteiger partial charge in [0, 0.05) is 10.8 Å². The van der Waals surface area contributed by atoms with E-state index < -0.39 is 28.6 Å². The summed E-state index contributed by atoms with van der Waals surface area (Å²) in [7, 11) is -1.44. The summed E-state index contributed by atoms with van der Waals surface area (Å²) in [4.78, 5) is 34.9. The van der Waals surface area contributed by atoms with Gasteiger partial charge in [-0.3, -0.25) is 13.8 Å². The van der Waals surface area contributed by atoms with Gasteiger partial charge >= 0.3 is 5.97 Å². The fourth-order valence-electron chi connectivity index (χ4n) is 1.64. The Balaban J connectivity index is 2.30. The van der Waals surface area contributed by atoms with E-state index in [2.05, 4.69) is 0 Å². The van der Waals surface area contributed by atoms with Crippen molar-refractivity contribution in [2.24, 2.45) is 0 Å². The Kier molecular flexibility index (Phi) is 3.24. The summed E-state index contributed by atoms with van der Waals surface area (Å²) in [5, 5.41) is 8.74. The number of hydrogen-bond donors (Lipinski definition) is 1. The van der Waals surface area contributed by atoms with Gasteiger partial charge in [0.2, 0.25) is 11.8 Å². The molecule has 0 bridgehead atoms. The summed E-state index contributed by atoms with van der Waals surface area (Å²) < 4.78 is 11.2. The Morgan fingerprint density at radius 3 is 2.06 bits per heavy atom.